The highest BCUT2D eigenvalue weighted by molar-refractivity contribution is 5.04. The van der Waals surface area contributed by atoms with Crippen LogP contribution in [0.4, 0.5) is 0 Å². The summed E-state index contributed by atoms with van der Waals surface area (Å²) in [5, 5.41) is 14.3. The van der Waals surface area contributed by atoms with E-state index in [-0.39, 0.29) is 0 Å². The zero-order valence-corrected chi connectivity index (χ0v) is 9.15. The lowest BCUT2D eigenvalue weighted by molar-refractivity contribution is -0.0893. The Balaban J connectivity index is 1.86. The van der Waals surface area contributed by atoms with E-state index >= 15 is 0 Å². The van der Waals surface area contributed by atoms with Crippen molar-refractivity contribution in [3.05, 3.63) is 18.0 Å². The van der Waals surface area contributed by atoms with Crippen LogP contribution in [0.25, 0.3) is 0 Å². The van der Waals surface area contributed by atoms with Crippen molar-refractivity contribution in [2.24, 2.45) is 7.05 Å². The topological polar surface area (TPSA) is 47.3 Å². The second-order valence-corrected chi connectivity index (χ2v) is 4.40. The fourth-order valence-corrected chi connectivity index (χ4v) is 2.01. The Morgan fingerprint density at radius 3 is 3.13 bits per heavy atom. The Morgan fingerprint density at radius 1 is 1.67 bits per heavy atom. The van der Waals surface area contributed by atoms with Gasteiger partial charge in [0.05, 0.1) is 18.4 Å². The third kappa shape index (κ3) is 2.79. The summed E-state index contributed by atoms with van der Waals surface area (Å²) in [7, 11) is 1.90. The van der Waals surface area contributed by atoms with E-state index in [0.29, 0.717) is 6.61 Å². The van der Waals surface area contributed by atoms with Gasteiger partial charge in [-0.3, -0.25) is 4.68 Å². The number of rotatable bonds is 3. The van der Waals surface area contributed by atoms with E-state index in [1.807, 2.05) is 19.4 Å². The van der Waals surface area contributed by atoms with Crippen LogP contribution >= 0.6 is 0 Å². The molecular weight excluding hydrogens is 192 g/mol. The molecule has 0 aliphatic carbocycles. The predicted molar refractivity (Wildman–Crippen MR) is 56.5 cm³/mol. The van der Waals surface area contributed by atoms with Gasteiger partial charge >= 0.3 is 0 Å². The highest BCUT2D eigenvalue weighted by atomic mass is 16.5. The molecule has 2 rings (SSSR count). The first kappa shape index (κ1) is 10.6. The normalized spacial score (nSPS) is 26.8. The second-order valence-electron chi connectivity index (χ2n) is 4.40. The van der Waals surface area contributed by atoms with Gasteiger partial charge in [0.15, 0.2) is 0 Å². The molecule has 2 heterocycles. The monoisotopic (exact) mass is 210 g/mol. The van der Waals surface area contributed by atoms with Gasteiger partial charge in [-0.15, -0.1) is 0 Å². The number of ether oxygens (including phenoxy) is 1. The van der Waals surface area contributed by atoms with Crippen molar-refractivity contribution in [1.82, 2.24) is 9.78 Å². The third-order valence-corrected chi connectivity index (χ3v) is 2.94. The summed E-state index contributed by atoms with van der Waals surface area (Å²) in [5.74, 6) is 0. The molecule has 84 valence electrons. The average Bonchev–Trinajstić information content (AvgIpc) is 2.63. The van der Waals surface area contributed by atoms with E-state index < -0.39 is 5.60 Å². The van der Waals surface area contributed by atoms with Crippen LogP contribution in [0.2, 0.25) is 0 Å². The van der Waals surface area contributed by atoms with Gasteiger partial charge in [0.25, 0.3) is 0 Å². The zero-order valence-electron chi connectivity index (χ0n) is 9.15. The van der Waals surface area contributed by atoms with Crippen molar-refractivity contribution in [1.29, 1.82) is 0 Å². The predicted octanol–water partition coefficient (Wildman–Crippen LogP) is 0.894. The zero-order chi connectivity index (χ0) is 10.7. The Morgan fingerprint density at radius 2 is 2.53 bits per heavy atom. The fourth-order valence-electron chi connectivity index (χ4n) is 2.01. The van der Waals surface area contributed by atoms with Crippen molar-refractivity contribution < 1.29 is 9.84 Å². The molecule has 4 nitrogen and oxygen atoms in total. The standard InChI is InChI=1S/C11H18N2O2/c1-13-8-10(7-12-13)3-5-11(14)4-2-6-15-9-11/h7-8,14H,2-6,9H2,1H3. The summed E-state index contributed by atoms with van der Waals surface area (Å²) in [4.78, 5) is 0. The van der Waals surface area contributed by atoms with Crippen molar-refractivity contribution in [3.63, 3.8) is 0 Å². The minimum absolute atomic E-state index is 0.479. The fraction of sp³-hybridized carbons (Fsp3) is 0.727. The highest BCUT2D eigenvalue weighted by Gasteiger charge is 2.29. The first-order chi connectivity index (χ1) is 7.18. The molecule has 1 aliphatic rings. The van der Waals surface area contributed by atoms with E-state index in [1.54, 1.807) is 4.68 Å². The molecule has 0 spiro atoms. The molecule has 15 heavy (non-hydrogen) atoms. The van der Waals surface area contributed by atoms with E-state index in [2.05, 4.69) is 5.10 Å². The molecule has 0 saturated carbocycles. The maximum Gasteiger partial charge on any atom is 0.0884 e. The molecule has 1 unspecified atom stereocenters. The van der Waals surface area contributed by atoms with Crippen LogP contribution in [0.3, 0.4) is 0 Å². The van der Waals surface area contributed by atoms with Crippen molar-refractivity contribution >= 4 is 0 Å². The van der Waals surface area contributed by atoms with Crippen LogP contribution < -0.4 is 0 Å². The number of hydrogen-bond acceptors (Lipinski definition) is 3. The first-order valence-electron chi connectivity index (χ1n) is 5.46. The number of hydrogen-bond donors (Lipinski definition) is 1. The molecular formula is C11H18N2O2. The van der Waals surface area contributed by atoms with Gasteiger partial charge in [-0.1, -0.05) is 0 Å². The van der Waals surface area contributed by atoms with Gasteiger partial charge in [-0.25, -0.2) is 0 Å². The smallest absolute Gasteiger partial charge is 0.0884 e. The van der Waals surface area contributed by atoms with E-state index in [4.69, 9.17) is 4.74 Å². The van der Waals surface area contributed by atoms with Crippen molar-refractivity contribution in [2.75, 3.05) is 13.2 Å². The van der Waals surface area contributed by atoms with Gasteiger partial charge in [0, 0.05) is 19.9 Å². The molecule has 1 atom stereocenters. The van der Waals surface area contributed by atoms with Crippen LogP contribution in [0.5, 0.6) is 0 Å². The Labute approximate surface area is 89.9 Å². The molecule has 0 bridgehead atoms. The largest absolute Gasteiger partial charge is 0.387 e. The van der Waals surface area contributed by atoms with Crippen LogP contribution in [0.1, 0.15) is 24.8 Å². The number of aliphatic hydroxyl groups is 1. The first-order valence-corrected chi connectivity index (χ1v) is 5.46. The lowest BCUT2D eigenvalue weighted by atomic mass is 9.90. The second kappa shape index (κ2) is 4.33. The molecule has 1 N–H and O–H groups in total. The van der Waals surface area contributed by atoms with Crippen LogP contribution in [-0.4, -0.2) is 33.7 Å². The summed E-state index contributed by atoms with van der Waals surface area (Å²) in [6.07, 6.45) is 7.29. The number of aromatic nitrogens is 2. The molecule has 0 amide bonds. The van der Waals surface area contributed by atoms with Gasteiger partial charge in [0.1, 0.15) is 0 Å². The SMILES string of the molecule is Cn1cc(CCC2(O)CCCOC2)cn1. The quantitative estimate of drug-likeness (QED) is 0.806. The molecule has 0 aromatic carbocycles. The summed E-state index contributed by atoms with van der Waals surface area (Å²) in [6.45, 7) is 1.27. The Bertz CT molecular complexity index is 316. The van der Waals surface area contributed by atoms with Gasteiger partial charge in [-0.2, -0.15) is 5.10 Å². The van der Waals surface area contributed by atoms with Gasteiger partial charge in [0.2, 0.25) is 0 Å². The third-order valence-electron chi connectivity index (χ3n) is 2.94. The maximum absolute atomic E-state index is 10.2. The lowest BCUT2D eigenvalue weighted by Crippen LogP contribution is -2.38. The summed E-state index contributed by atoms with van der Waals surface area (Å²) in [5.41, 5.74) is 0.560. The summed E-state index contributed by atoms with van der Waals surface area (Å²) < 4.78 is 7.10. The molecule has 1 aromatic heterocycles. The van der Waals surface area contributed by atoms with E-state index in [9.17, 15) is 5.11 Å². The van der Waals surface area contributed by atoms with Gasteiger partial charge in [-0.05, 0) is 31.2 Å². The van der Waals surface area contributed by atoms with Crippen LogP contribution in [0, 0.1) is 0 Å². The summed E-state index contributed by atoms with van der Waals surface area (Å²) >= 11 is 0. The van der Waals surface area contributed by atoms with Crippen molar-refractivity contribution in [2.45, 2.75) is 31.3 Å². The van der Waals surface area contributed by atoms with Crippen LogP contribution in [-0.2, 0) is 18.2 Å². The molecule has 1 fully saturated rings. The minimum atomic E-state index is -0.617. The minimum Gasteiger partial charge on any atom is -0.387 e. The molecule has 0 radical (unpaired) electrons. The molecule has 4 heteroatoms. The number of aryl methyl sites for hydroxylation is 2. The van der Waals surface area contributed by atoms with E-state index in [1.165, 1.54) is 5.56 Å². The molecule has 1 aliphatic heterocycles. The van der Waals surface area contributed by atoms with Crippen molar-refractivity contribution in [3.8, 4) is 0 Å². The lowest BCUT2D eigenvalue weighted by Gasteiger charge is -2.31. The van der Waals surface area contributed by atoms with Gasteiger partial charge < -0.3 is 9.84 Å². The number of nitrogens with zero attached hydrogens (tertiary/aromatic N) is 2. The van der Waals surface area contributed by atoms with Crippen LogP contribution in [0.15, 0.2) is 12.4 Å². The average molecular weight is 210 g/mol. The Kier molecular flexibility index (Phi) is 3.07. The van der Waals surface area contributed by atoms with E-state index in [0.717, 1.165) is 32.3 Å². The summed E-state index contributed by atoms with van der Waals surface area (Å²) in [6, 6.07) is 0. The molecule has 1 saturated heterocycles. The highest BCUT2D eigenvalue weighted by Crippen LogP contribution is 2.24. The molecule has 1 aromatic rings. The maximum atomic E-state index is 10.2. The Hall–Kier alpha value is -0.870.